The molecule has 5 nitrogen and oxygen atoms in total. The Morgan fingerprint density at radius 1 is 1.25 bits per heavy atom. The first-order valence-corrected chi connectivity index (χ1v) is 7.96. The van der Waals surface area contributed by atoms with Gasteiger partial charge < -0.3 is 16.4 Å². The van der Waals surface area contributed by atoms with E-state index in [9.17, 15) is 18.0 Å². The highest BCUT2D eigenvalue weighted by Gasteiger charge is 2.43. The van der Waals surface area contributed by atoms with E-state index in [1.807, 2.05) is 30.3 Å². The topological polar surface area (TPSA) is 70.4 Å². The lowest BCUT2D eigenvalue weighted by Crippen LogP contribution is -2.58. The first kappa shape index (κ1) is 18.7. The molecule has 8 heteroatoms. The predicted molar refractivity (Wildman–Crippen MR) is 85.4 cm³/mol. The summed E-state index contributed by atoms with van der Waals surface area (Å²) >= 11 is 0. The highest BCUT2D eigenvalue weighted by atomic mass is 19.4. The van der Waals surface area contributed by atoms with Crippen LogP contribution in [0.15, 0.2) is 30.3 Å². The smallest absolute Gasteiger partial charge is 0.353 e. The van der Waals surface area contributed by atoms with Crippen molar-refractivity contribution in [1.82, 2.24) is 15.5 Å². The third-order valence-corrected chi connectivity index (χ3v) is 4.08. The van der Waals surface area contributed by atoms with Crippen molar-refractivity contribution in [3.63, 3.8) is 0 Å². The number of nitrogens with two attached hydrogens (primary N) is 1. The number of amides is 1. The van der Waals surface area contributed by atoms with Gasteiger partial charge in [0, 0.05) is 32.7 Å². The van der Waals surface area contributed by atoms with E-state index in [1.165, 1.54) is 4.90 Å². The van der Waals surface area contributed by atoms with Crippen LogP contribution in [0, 0.1) is 0 Å². The molecule has 0 bridgehead atoms. The summed E-state index contributed by atoms with van der Waals surface area (Å²) in [7, 11) is 0. The lowest BCUT2D eigenvalue weighted by atomic mass is 10.1. The second-order valence-corrected chi connectivity index (χ2v) is 5.88. The van der Waals surface area contributed by atoms with Gasteiger partial charge in [-0.2, -0.15) is 13.2 Å². The van der Waals surface area contributed by atoms with Crippen LogP contribution in [0.1, 0.15) is 5.56 Å². The molecule has 0 aliphatic carbocycles. The van der Waals surface area contributed by atoms with E-state index in [0.29, 0.717) is 26.2 Å². The average molecular weight is 344 g/mol. The quantitative estimate of drug-likeness (QED) is 0.703. The predicted octanol–water partition coefficient (Wildman–Crippen LogP) is 0.509. The van der Waals surface area contributed by atoms with Crippen LogP contribution >= 0.6 is 0 Å². The molecule has 1 amide bonds. The molecule has 1 saturated heterocycles. The summed E-state index contributed by atoms with van der Waals surface area (Å²) in [4.78, 5) is 13.4. The maximum atomic E-state index is 13.3. The molecule has 4 N–H and O–H groups in total. The molecule has 2 rings (SSSR count). The van der Waals surface area contributed by atoms with Crippen molar-refractivity contribution in [2.75, 3.05) is 32.7 Å². The number of benzene rings is 1. The van der Waals surface area contributed by atoms with Gasteiger partial charge in [0.05, 0.1) is 6.04 Å². The van der Waals surface area contributed by atoms with Gasteiger partial charge in [0.15, 0.2) is 0 Å². The Balaban J connectivity index is 1.89. The van der Waals surface area contributed by atoms with Crippen molar-refractivity contribution in [2.45, 2.75) is 24.7 Å². The zero-order valence-electron chi connectivity index (χ0n) is 13.4. The van der Waals surface area contributed by atoms with Crippen molar-refractivity contribution < 1.29 is 18.0 Å². The number of nitrogens with zero attached hydrogens (tertiary/aromatic N) is 1. The summed E-state index contributed by atoms with van der Waals surface area (Å²) in [6, 6.07) is 6.58. The minimum atomic E-state index is -4.39. The van der Waals surface area contributed by atoms with Gasteiger partial charge in [-0.3, -0.25) is 9.69 Å². The number of hydrogen-bond donors (Lipinski definition) is 3. The monoisotopic (exact) mass is 344 g/mol. The van der Waals surface area contributed by atoms with E-state index >= 15 is 0 Å². The molecule has 1 heterocycles. The standard InChI is InChI=1S/C16H23F3N4O/c17-16(18,19)14(23-8-6-21-7-9-23)11-22-15(24)13(20)10-12-4-2-1-3-5-12/h1-5,13-14,21H,6-11,20H2,(H,22,24). The summed E-state index contributed by atoms with van der Waals surface area (Å²) in [5.41, 5.74) is 6.68. The lowest BCUT2D eigenvalue weighted by Gasteiger charge is -2.36. The van der Waals surface area contributed by atoms with Crippen LogP contribution in [0.2, 0.25) is 0 Å². The Morgan fingerprint density at radius 3 is 2.46 bits per heavy atom. The van der Waals surface area contributed by atoms with Gasteiger partial charge >= 0.3 is 6.18 Å². The molecule has 1 aliphatic rings. The molecule has 1 fully saturated rings. The number of hydrogen-bond acceptors (Lipinski definition) is 4. The van der Waals surface area contributed by atoms with Crippen LogP contribution in [-0.4, -0.2) is 61.8 Å². The number of alkyl halides is 3. The molecule has 134 valence electrons. The molecular weight excluding hydrogens is 321 g/mol. The van der Waals surface area contributed by atoms with E-state index in [0.717, 1.165) is 5.56 Å². The van der Waals surface area contributed by atoms with E-state index in [1.54, 1.807) is 0 Å². The summed E-state index contributed by atoms with van der Waals surface area (Å²) in [6.45, 7) is 1.14. The molecule has 0 spiro atoms. The average Bonchev–Trinajstić information content (AvgIpc) is 2.55. The third-order valence-electron chi connectivity index (χ3n) is 4.08. The van der Waals surface area contributed by atoms with Crippen LogP contribution in [0.3, 0.4) is 0 Å². The number of rotatable bonds is 6. The van der Waals surface area contributed by atoms with Crippen LogP contribution < -0.4 is 16.4 Å². The summed E-state index contributed by atoms with van der Waals surface area (Å²) in [6.07, 6.45) is -4.11. The second kappa shape index (κ2) is 8.46. The summed E-state index contributed by atoms with van der Waals surface area (Å²) in [5.74, 6) is -0.566. The molecular formula is C16H23F3N4O. The fraction of sp³-hybridized carbons (Fsp3) is 0.562. The Hall–Kier alpha value is -1.64. The number of carbonyl (C=O) groups excluding carboxylic acids is 1. The van der Waals surface area contributed by atoms with Gasteiger partial charge in [0.2, 0.25) is 5.91 Å². The fourth-order valence-corrected chi connectivity index (χ4v) is 2.73. The van der Waals surface area contributed by atoms with Crippen LogP contribution in [-0.2, 0) is 11.2 Å². The van der Waals surface area contributed by atoms with E-state index in [2.05, 4.69) is 10.6 Å². The first-order valence-electron chi connectivity index (χ1n) is 7.96. The maximum Gasteiger partial charge on any atom is 0.405 e. The van der Waals surface area contributed by atoms with Gasteiger partial charge in [-0.1, -0.05) is 30.3 Å². The van der Waals surface area contributed by atoms with Crippen LogP contribution in [0.5, 0.6) is 0 Å². The summed E-state index contributed by atoms with van der Waals surface area (Å²) in [5, 5.41) is 5.38. The molecule has 2 atom stereocenters. The molecule has 2 unspecified atom stereocenters. The van der Waals surface area contributed by atoms with Crippen LogP contribution in [0.4, 0.5) is 13.2 Å². The van der Waals surface area contributed by atoms with Gasteiger partial charge in [0.1, 0.15) is 6.04 Å². The van der Waals surface area contributed by atoms with Gasteiger partial charge in [0.25, 0.3) is 0 Å². The second-order valence-electron chi connectivity index (χ2n) is 5.88. The Bertz CT molecular complexity index is 518. The minimum absolute atomic E-state index is 0.289. The molecule has 0 radical (unpaired) electrons. The Kier molecular flexibility index (Phi) is 6.59. The largest absolute Gasteiger partial charge is 0.405 e. The highest BCUT2D eigenvalue weighted by molar-refractivity contribution is 5.81. The minimum Gasteiger partial charge on any atom is -0.353 e. The Morgan fingerprint density at radius 2 is 1.88 bits per heavy atom. The normalized spacial score (nSPS) is 18.8. The van der Waals surface area contributed by atoms with Gasteiger partial charge in [-0.05, 0) is 12.0 Å². The fourth-order valence-electron chi connectivity index (χ4n) is 2.73. The summed E-state index contributed by atoms with van der Waals surface area (Å²) < 4.78 is 39.8. The number of nitrogens with one attached hydrogen (secondary N) is 2. The van der Waals surface area contributed by atoms with Crippen LogP contribution in [0.25, 0.3) is 0 Å². The SMILES string of the molecule is NC(Cc1ccccc1)C(=O)NCC(N1CCNCC1)C(F)(F)F. The van der Waals surface area contributed by atoms with Gasteiger partial charge in [-0.15, -0.1) is 0 Å². The van der Waals surface area contributed by atoms with E-state index < -0.39 is 30.7 Å². The zero-order valence-corrected chi connectivity index (χ0v) is 13.4. The molecule has 24 heavy (non-hydrogen) atoms. The van der Waals surface area contributed by atoms with Crippen molar-refractivity contribution in [3.8, 4) is 0 Å². The molecule has 1 aliphatic heterocycles. The molecule has 1 aromatic rings. The maximum absolute atomic E-state index is 13.3. The lowest BCUT2D eigenvalue weighted by molar-refractivity contribution is -0.184. The highest BCUT2D eigenvalue weighted by Crippen LogP contribution is 2.24. The number of halogens is 3. The van der Waals surface area contributed by atoms with Gasteiger partial charge in [-0.25, -0.2) is 0 Å². The van der Waals surface area contributed by atoms with Crippen molar-refractivity contribution in [3.05, 3.63) is 35.9 Å². The van der Waals surface area contributed by atoms with Crippen molar-refractivity contribution in [2.24, 2.45) is 5.73 Å². The molecule has 0 saturated carbocycles. The number of carbonyl (C=O) groups is 1. The van der Waals surface area contributed by atoms with E-state index in [-0.39, 0.29) is 6.42 Å². The Labute approximate surface area is 139 Å². The van der Waals surface area contributed by atoms with E-state index in [4.69, 9.17) is 5.73 Å². The van der Waals surface area contributed by atoms with Crippen molar-refractivity contribution in [1.29, 1.82) is 0 Å². The molecule has 0 aromatic heterocycles. The number of piperazine rings is 1. The van der Waals surface area contributed by atoms with Crippen molar-refractivity contribution >= 4 is 5.91 Å². The molecule has 1 aromatic carbocycles. The first-order chi connectivity index (χ1) is 11.4. The zero-order chi connectivity index (χ0) is 17.6. The third kappa shape index (κ3) is 5.47.